The van der Waals surface area contributed by atoms with Gasteiger partial charge < -0.3 is 0 Å². The maximum atomic E-state index is 4.49. The summed E-state index contributed by atoms with van der Waals surface area (Å²) < 4.78 is 3.68. The number of hydrogen-bond acceptors (Lipinski definition) is 1. The second kappa shape index (κ2) is 3.68. The Morgan fingerprint density at radius 3 is 2.79 bits per heavy atom. The summed E-state index contributed by atoms with van der Waals surface area (Å²) in [5, 5.41) is 8.82. The van der Waals surface area contributed by atoms with Crippen LogP contribution in [0.1, 0.15) is 5.56 Å². The predicted octanol–water partition coefficient (Wildman–Crippen LogP) is 2.01. The largest absolute Gasteiger partial charge is 0.157 e. The summed E-state index contributed by atoms with van der Waals surface area (Å²) in [4.78, 5) is 0. The van der Waals surface area contributed by atoms with Crippen molar-refractivity contribution in [2.45, 2.75) is 6.92 Å². The highest BCUT2D eigenvalue weighted by atomic mass is 15.6. The van der Waals surface area contributed by atoms with Crippen LogP contribution in [0.15, 0.2) is 54.7 Å². The van der Waals surface area contributed by atoms with Crippen molar-refractivity contribution in [3.8, 4) is 11.3 Å². The van der Waals surface area contributed by atoms with Gasteiger partial charge in [-0.3, -0.25) is 0 Å². The van der Waals surface area contributed by atoms with E-state index >= 15 is 0 Å². The van der Waals surface area contributed by atoms with Crippen molar-refractivity contribution in [2.75, 3.05) is 0 Å². The molecule has 0 N–H and O–H groups in total. The molecule has 2 heterocycles. The number of fused-ring (bicyclic) bond motifs is 3. The maximum Gasteiger partial charge on any atom is 0.0731 e. The van der Waals surface area contributed by atoms with Gasteiger partial charge >= 0.3 is 0 Å². The van der Waals surface area contributed by atoms with E-state index in [1.165, 1.54) is 5.56 Å². The Kier molecular flexibility index (Phi) is 2.00. The van der Waals surface area contributed by atoms with Crippen LogP contribution in [0.5, 0.6) is 0 Å². The molecule has 2 aromatic carbocycles. The standard InChI is InChI=1S/C15H12N4/c1-11-7-8-14-13(9-11)17-19-16-10-15(18(14)19)12-5-3-2-4-6-12/h2-10H,1H3. The molecule has 4 rings (SSSR count). The maximum absolute atomic E-state index is 4.49. The number of hydrogen-bond donors (Lipinski definition) is 0. The Bertz CT molecular complexity index is 871. The molecule has 19 heavy (non-hydrogen) atoms. The quantitative estimate of drug-likeness (QED) is 0.483. The van der Waals surface area contributed by atoms with E-state index in [1.54, 1.807) is 4.74 Å². The van der Waals surface area contributed by atoms with E-state index in [2.05, 4.69) is 47.5 Å². The van der Waals surface area contributed by atoms with E-state index in [0.29, 0.717) is 0 Å². The lowest BCUT2D eigenvalue weighted by Crippen LogP contribution is -2.33. The molecule has 0 aliphatic rings. The van der Waals surface area contributed by atoms with Gasteiger partial charge in [0.05, 0.1) is 16.7 Å². The smallest absolute Gasteiger partial charge is 0.0731 e. The van der Waals surface area contributed by atoms with E-state index in [9.17, 15) is 0 Å². The molecule has 0 fully saturated rings. The number of nitrogens with zero attached hydrogens (tertiary/aromatic N) is 4. The molecule has 0 amide bonds. The Morgan fingerprint density at radius 2 is 1.95 bits per heavy atom. The zero-order chi connectivity index (χ0) is 12.8. The first-order valence-electron chi connectivity index (χ1n) is 6.22. The van der Waals surface area contributed by atoms with Gasteiger partial charge in [-0.25, -0.2) is 0 Å². The van der Waals surface area contributed by atoms with Crippen molar-refractivity contribution in [3.63, 3.8) is 0 Å². The number of aryl methyl sites for hydroxylation is 1. The summed E-state index contributed by atoms with van der Waals surface area (Å²) in [7, 11) is 0. The molecular weight excluding hydrogens is 236 g/mol. The number of aromatic nitrogens is 4. The lowest BCUT2D eigenvalue weighted by atomic mass is 10.1. The normalized spacial score (nSPS) is 11.4. The summed E-state index contributed by atoms with van der Waals surface area (Å²) in [5.74, 6) is 0. The van der Waals surface area contributed by atoms with Gasteiger partial charge in [0.15, 0.2) is 0 Å². The van der Waals surface area contributed by atoms with Crippen LogP contribution in [-0.4, -0.2) is 9.61 Å². The summed E-state index contributed by atoms with van der Waals surface area (Å²) in [6.45, 7) is 2.07. The molecule has 92 valence electrons. The lowest BCUT2D eigenvalue weighted by Gasteiger charge is -1.99. The Balaban J connectivity index is 2.10. The van der Waals surface area contributed by atoms with E-state index < -0.39 is 0 Å². The van der Waals surface area contributed by atoms with Crippen LogP contribution < -0.4 is 9.84 Å². The van der Waals surface area contributed by atoms with E-state index in [4.69, 9.17) is 0 Å². The zero-order valence-corrected chi connectivity index (χ0v) is 10.5. The fourth-order valence-corrected chi connectivity index (χ4v) is 2.40. The average Bonchev–Trinajstić information content (AvgIpc) is 2.97. The van der Waals surface area contributed by atoms with Gasteiger partial charge in [-0.05, 0) is 29.4 Å². The molecule has 4 aromatic rings. The first-order chi connectivity index (χ1) is 9.33. The van der Waals surface area contributed by atoms with Crippen LogP contribution in [0.4, 0.5) is 0 Å². The molecule has 0 saturated carbocycles. The Morgan fingerprint density at radius 1 is 1.11 bits per heavy atom. The molecule has 4 heteroatoms. The minimum atomic E-state index is 0.963. The van der Waals surface area contributed by atoms with Crippen LogP contribution in [0.25, 0.3) is 22.3 Å². The molecule has 0 saturated heterocycles. The highest BCUT2D eigenvalue weighted by Crippen LogP contribution is 2.20. The van der Waals surface area contributed by atoms with Gasteiger partial charge in [0, 0.05) is 6.20 Å². The van der Waals surface area contributed by atoms with E-state index in [0.717, 1.165) is 22.3 Å². The van der Waals surface area contributed by atoms with Gasteiger partial charge in [0.2, 0.25) is 0 Å². The summed E-state index contributed by atoms with van der Waals surface area (Å²) in [5.41, 5.74) is 5.42. The first-order valence-corrected chi connectivity index (χ1v) is 6.22. The van der Waals surface area contributed by atoms with Crippen molar-refractivity contribution in [3.05, 3.63) is 60.3 Å². The fraction of sp³-hybridized carbons (Fsp3) is 0.0667. The van der Waals surface area contributed by atoms with E-state index in [1.807, 2.05) is 28.9 Å². The molecule has 0 radical (unpaired) electrons. The average molecular weight is 248 g/mol. The van der Waals surface area contributed by atoms with Crippen LogP contribution >= 0.6 is 0 Å². The fourth-order valence-electron chi connectivity index (χ4n) is 2.40. The predicted molar refractivity (Wildman–Crippen MR) is 71.8 cm³/mol. The topological polar surface area (TPSA) is 35.5 Å². The monoisotopic (exact) mass is 248 g/mol. The van der Waals surface area contributed by atoms with Crippen LogP contribution in [0, 0.1) is 6.92 Å². The second-order valence-electron chi connectivity index (χ2n) is 4.67. The van der Waals surface area contributed by atoms with Crippen molar-refractivity contribution >= 4 is 11.0 Å². The summed E-state index contributed by atoms with van der Waals surface area (Å²) >= 11 is 0. The van der Waals surface area contributed by atoms with Gasteiger partial charge in [0.1, 0.15) is 0 Å². The molecule has 2 aromatic heterocycles. The molecule has 0 spiro atoms. The SMILES string of the molecule is Cc1ccc2c(c1)n[n+]1[n-]cc(-c3ccccc3)n21. The summed E-state index contributed by atoms with van der Waals surface area (Å²) in [6, 6.07) is 16.5. The van der Waals surface area contributed by atoms with Crippen LogP contribution in [0.2, 0.25) is 0 Å². The molecule has 0 bridgehead atoms. The Labute approximate surface area is 109 Å². The highest BCUT2D eigenvalue weighted by molar-refractivity contribution is 5.76. The molecular formula is C15H12N4. The van der Waals surface area contributed by atoms with Gasteiger partial charge in [-0.2, -0.15) is 4.52 Å². The third-order valence-corrected chi connectivity index (χ3v) is 3.32. The summed E-state index contributed by atoms with van der Waals surface area (Å²) in [6.07, 6.45) is 1.85. The van der Waals surface area contributed by atoms with Crippen LogP contribution in [-0.2, 0) is 0 Å². The van der Waals surface area contributed by atoms with Crippen molar-refractivity contribution in [1.82, 2.24) is 14.7 Å². The lowest BCUT2D eigenvalue weighted by molar-refractivity contribution is -0.729. The van der Waals surface area contributed by atoms with Gasteiger partial charge in [-0.15, -0.1) is 0 Å². The first kappa shape index (κ1) is 10.3. The molecule has 0 aliphatic heterocycles. The second-order valence-corrected chi connectivity index (χ2v) is 4.67. The minimum absolute atomic E-state index is 0.963. The van der Waals surface area contributed by atoms with Gasteiger partial charge in [-0.1, -0.05) is 52.2 Å². The molecule has 0 aliphatic carbocycles. The third kappa shape index (κ3) is 1.46. The zero-order valence-electron chi connectivity index (χ0n) is 10.5. The van der Waals surface area contributed by atoms with Crippen molar-refractivity contribution in [1.29, 1.82) is 0 Å². The van der Waals surface area contributed by atoms with Crippen molar-refractivity contribution < 1.29 is 4.74 Å². The molecule has 0 atom stereocenters. The van der Waals surface area contributed by atoms with E-state index in [-0.39, 0.29) is 0 Å². The number of benzene rings is 2. The number of rotatable bonds is 1. The van der Waals surface area contributed by atoms with Gasteiger partial charge in [0.25, 0.3) is 0 Å². The minimum Gasteiger partial charge on any atom is -0.157 e. The molecule has 4 nitrogen and oxygen atoms in total. The van der Waals surface area contributed by atoms with Crippen LogP contribution in [0.3, 0.4) is 0 Å². The van der Waals surface area contributed by atoms with Crippen molar-refractivity contribution in [2.24, 2.45) is 0 Å². The third-order valence-electron chi connectivity index (χ3n) is 3.32. The molecule has 0 unspecified atom stereocenters. The Hall–Kier alpha value is -2.62. The highest BCUT2D eigenvalue weighted by Gasteiger charge is 2.11.